The minimum atomic E-state index is -4.05. The number of hydrogen-bond donors (Lipinski definition) is 0. The molecule has 4 nitrogen and oxygen atoms in total. The van der Waals surface area contributed by atoms with Crippen molar-refractivity contribution in [3.63, 3.8) is 0 Å². The van der Waals surface area contributed by atoms with Crippen LogP contribution in [0.25, 0.3) is 10.9 Å². The molecule has 4 aromatic rings. The van der Waals surface area contributed by atoms with Crippen molar-refractivity contribution in [3.05, 3.63) is 89.4 Å². The largest absolute Gasteiger partial charge is 0.451 e. The molecule has 0 atom stereocenters. The van der Waals surface area contributed by atoms with Gasteiger partial charge in [-0.15, -0.1) is 0 Å². The van der Waals surface area contributed by atoms with Gasteiger partial charge in [0.2, 0.25) is 0 Å². The highest BCUT2D eigenvalue weighted by Gasteiger charge is 2.24. The Kier molecular flexibility index (Phi) is 4.82. The second kappa shape index (κ2) is 7.21. The molecular formula is C22H16F3NO3S. The molecule has 0 bridgehead atoms. The van der Waals surface area contributed by atoms with E-state index in [9.17, 15) is 17.2 Å². The summed E-state index contributed by atoms with van der Waals surface area (Å²) in [7, 11) is -4.05. The summed E-state index contributed by atoms with van der Waals surface area (Å²) in [6.07, 6.45) is 1.16. The number of ether oxygens (including phenoxy) is 1. The number of halogens is 3. The average molecular weight is 431 g/mol. The van der Waals surface area contributed by atoms with Crippen LogP contribution in [-0.4, -0.2) is 12.4 Å². The predicted octanol–water partition coefficient (Wildman–Crippen LogP) is 5.70. The summed E-state index contributed by atoms with van der Waals surface area (Å²) in [5, 5.41) is -0.124. The lowest BCUT2D eigenvalue weighted by Crippen LogP contribution is -2.12. The molecule has 0 amide bonds. The quantitative estimate of drug-likeness (QED) is 0.416. The van der Waals surface area contributed by atoms with Gasteiger partial charge in [-0.05, 0) is 55.8 Å². The zero-order valence-electron chi connectivity index (χ0n) is 16.0. The highest BCUT2D eigenvalue weighted by Crippen LogP contribution is 2.35. The Balaban J connectivity index is 1.81. The van der Waals surface area contributed by atoms with Crippen molar-refractivity contribution in [2.75, 3.05) is 0 Å². The Labute approximate surface area is 171 Å². The summed E-state index contributed by atoms with van der Waals surface area (Å²) in [6, 6.07) is 11.9. The topological polar surface area (TPSA) is 48.3 Å². The van der Waals surface area contributed by atoms with Crippen LogP contribution in [0.3, 0.4) is 0 Å². The molecule has 0 saturated carbocycles. The highest BCUT2D eigenvalue weighted by molar-refractivity contribution is 7.90. The van der Waals surface area contributed by atoms with E-state index < -0.39 is 33.2 Å². The van der Waals surface area contributed by atoms with Gasteiger partial charge >= 0.3 is 0 Å². The highest BCUT2D eigenvalue weighted by atomic mass is 32.2. The molecular weight excluding hydrogens is 415 g/mol. The van der Waals surface area contributed by atoms with Crippen molar-refractivity contribution < 1.29 is 26.3 Å². The van der Waals surface area contributed by atoms with Gasteiger partial charge in [-0.1, -0.05) is 17.7 Å². The summed E-state index contributed by atoms with van der Waals surface area (Å²) < 4.78 is 75.1. The lowest BCUT2D eigenvalue weighted by Gasteiger charge is -2.12. The Bertz CT molecular complexity index is 1380. The third-order valence-electron chi connectivity index (χ3n) is 4.73. The van der Waals surface area contributed by atoms with Crippen LogP contribution in [0.5, 0.6) is 11.5 Å². The van der Waals surface area contributed by atoms with E-state index in [-0.39, 0.29) is 27.1 Å². The van der Waals surface area contributed by atoms with Crippen LogP contribution < -0.4 is 4.74 Å². The second-order valence-electron chi connectivity index (χ2n) is 6.88. The number of aryl methyl sites for hydroxylation is 2. The minimum Gasteiger partial charge on any atom is -0.451 e. The normalized spacial score (nSPS) is 11.8. The van der Waals surface area contributed by atoms with Crippen molar-refractivity contribution in [3.8, 4) is 11.5 Å². The zero-order chi connectivity index (χ0) is 21.6. The van der Waals surface area contributed by atoms with E-state index >= 15 is 4.39 Å². The molecule has 0 radical (unpaired) electrons. The fourth-order valence-corrected chi connectivity index (χ4v) is 4.43. The van der Waals surface area contributed by atoms with Gasteiger partial charge in [0.25, 0.3) is 10.0 Å². The van der Waals surface area contributed by atoms with Crippen LogP contribution >= 0.6 is 0 Å². The van der Waals surface area contributed by atoms with Gasteiger partial charge in [-0.25, -0.2) is 25.6 Å². The number of fused-ring (bicyclic) bond motifs is 1. The lowest BCUT2D eigenvalue weighted by molar-refractivity contribution is 0.410. The summed E-state index contributed by atoms with van der Waals surface area (Å²) >= 11 is 0. The molecule has 0 fully saturated rings. The van der Waals surface area contributed by atoms with Crippen molar-refractivity contribution in [2.24, 2.45) is 0 Å². The summed E-state index contributed by atoms with van der Waals surface area (Å²) in [5.74, 6) is -3.25. The third kappa shape index (κ3) is 3.33. The van der Waals surface area contributed by atoms with Crippen molar-refractivity contribution in [1.82, 2.24) is 3.97 Å². The predicted molar refractivity (Wildman–Crippen MR) is 107 cm³/mol. The molecule has 30 heavy (non-hydrogen) atoms. The van der Waals surface area contributed by atoms with E-state index in [1.165, 1.54) is 37.3 Å². The molecule has 0 unspecified atom stereocenters. The van der Waals surface area contributed by atoms with Crippen LogP contribution in [0.15, 0.2) is 65.7 Å². The molecule has 8 heteroatoms. The molecule has 0 N–H and O–H groups in total. The van der Waals surface area contributed by atoms with E-state index in [0.29, 0.717) is 0 Å². The molecule has 3 aromatic carbocycles. The number of benzene rings is 3. The molecule has 1 heterocycles. The molecule has 0 aliphatic heterocycles. The number of aromatic nitrogens is 1. The third-order valence-corrected chi connectivity index (χ3v) is 6.44. The SMILES string of the molecule is Cc1ccc(S(=O)(=O)n2ccc3c(F)c(Oc4ccc(F)c(C)c4)c(F)cc32)cc1. The fraction of sp³-hybridized carbons (Fsp3) is 0.0909. The molecule has 4 rings (SSSR count). The maximum atomic E-state index is 15.0. The lowest BCUT2D eigenvalue weighted by atomic mass is 10.2. The maximum Gasteiger partial charge on any atom is 0.268 e. The maximum absolute atomic E-state index is 15.0. The van der Waals surface area contributed by atoms with Crippen molar-refractivity contribution in [1.29, 1.82) is 0 Å². The molecule has 0 saturated heterocycles. The van der Waals surface area contributed by atoms with Crippen LogP contribution in [0.4, 0.5) is 13.2 Å². The standard InChI is InChI=1S/C22H16F3NO3S/c1-13-3-6-16(7-4-13)30(27,28)26-10-9-17-20(26)12-19(24)22(21(17)25)29-15-5-8-18(23)14(2)11-15/h3-12H,1-2H3. The Hall–Kier alpha value is -3.26. The van der Waals surface area contributed by atoms with Crippen molar-refractivity contribution in [2.45, 2.75) is 18.7 Å². The van der Waals surface area contributed by atoms with Crippen LogP contribution in [0, 0.1) is 31.3 Å². The molecule has 0 aliphatic rings. The van der Waals surface area contributed by atoms with Gasteiger partial charge in [0.15, 0.2) is 17.4 Å². The van der Waals surface area contributed by atoms with E-state index in [0.717, 1.165) is 27.9 Å². The summed E-state index contributed by atoms with van der Waals surface area (Å²) in [4.78, 5) is -0.00599. The van der Waals surface area contributed by atoms with E-state index in [2.05, 4.69) is 0 Å². The average Bonchev–Trinajstić information content (AvgIpc) is 3.13. The fourth-order valence-electron chi connectivity index (χ4n) is 3.09. The Morgan fingerprint density at radius 2 is 1.57 bits per heavy atom. The zero-order valence-corrected chi connectivity index (χ0v) is 16.8. The van der Waals surface area contributed by atoms with Gasteiger partial charge in [-0.2, -0.15) is 0 Å². The second-order valence-corrected chi connectivity index (χ2v) is 8.69. The molecule has 0 spiro atoms. The summed E-state index contributed by atoms with van der Waals surface area (Å²) in [5.41, 5.74) is 0.971. The first kappa shape index (κ1) is 20.0. The van der Waals surface area contributed by atoms with Gasteiger partial charge in [0.05, 0.1) is 10.4 Å². The summed E-state index contributed by atoms with van der Waals surface area (Å²) in [6.45, 7) is 3.31. The van der Waals surface area contributed by atoms with Crippen LogP contribution in [-0.2, 0) is 10.0 Å². The van der Waals surface area contributed by atoms with Gasteiger partial charge in [0, 0.05) is 17.6 Å². The monoisotopic (exact) mass is 431 g/mol. The Morgan fingerprint density at radius 1 is 0.867 bits per heavy atom. The minimum absolute atomic E-state index is 0.00599. The molecule has 1 aromatic heterocycles. The van der Waals surface area contributed by atoms with E-state index in [1.54, 1.807) is 12.1 Å². The molecule has 0 aliphatic carbocycles. The van der Waals surface area contributed by atoms with Crippen molar-refractivity contribution >= 4 is 20.9 Å². The number of nitrogens with zero attached hydrogens (tertiary/aromatic N) is 1. The smallest absolute Gasteiger partial charge is 0.268 e. The van der Waals surface area contributed by atoms with Gasteiger partial charge in [0.1, 0.15) is 11.6 Å². The Morgan fingerprint density at radius 3 is 2.23 bits per heavy atom. The first-order chi connectivity index (χ1) is 14.2. The van der Waals surface area contributed by atoms with E-state index in [4.69, 9.17) is 4.74 Å². The molecule has 154 valence electrons. The first-order valence-corrected chi connectivity index (χ1v) is 10.4. The van der Waals surface area contributed by atoms with Crippen LogP contribution in [0.1, 0.15) is 11.1 Å². The first-order valence-electron chi connectivity index (χ1n) is 8.94. The number of rotatable bonds is 4. The number of hydrogen-bond acceptors (Lipinski definition) is 3. The van der Waals surface area contributed by atoms with Gasteiger partial charge < -0.3 is 4.74 Å². The van der Waals surface area contributed by atoms with Crippen LogP contribution in [0.2, 0.25) is 0 Å². The van der Waals surface area contributed by atoms with E-state index in [1.807, 2.05) is 6.92 Å². The van der Waals surface area contributed by atoms with Gasteiger partial charge in [-0.3, -0.25) is 0 Å².